The number of ether oxygens (including phenoxy) is 2. The van der Waals surface area contributed by atoms with Crippen LogP contribution in [0, 0.1) is 5.92 Å². The molecule has 3 rings (SSSR count). The van der Waals surface area contributed by atoms with Gasteiger partial charge in [-0.1, -0.05) is 42.5 Å². The van der Waals surface area contributed by atoms with E-state index in [2.05, 4.69) is 4.99 Å². The second-order valence-electron chi connectivity index (χ2n) is 8.05. The van der Waals surface area contributed by atoms with Crippen LogP contribution in [0.15, 0.2) is 75.8 Å². The molecule has 1 N–H and O–H groups in total. The maximum atomic E-state index is 13.3. The van der Waals surface area contributed by atoms with Crippen molar-refractivity contribution in [2.24, 2.45) is 10.9 Å². The highest BCUT2D eigenvalue weighted by molar-refractivity contribution is 7.98. The first-order chi connectivity index (χ1) is 16.4. The van der Waals surface area contributed by atoms with Gasteiger partial charge in [-0.2, -0.15) is 0 Å². The van der Waals surface area contributed by atoms with Crippen molar-refractivity contribution in [3.05, 3.63) is 77.0 Å². The Morgan fingerprint density at radius 2 is 1.88 bits per heavy atom. The Kier molecular flexibility index (Phi) is 9.07. The van der Waals surface area contributed by atoms with Crippen molar-refractivity contribution in [1.82, 2.24) is 0 Å². The van der Waals surface area contributed by atoms with Crippen molar-refractivity contribution in [2.45, 2.75) is 43.6 Å². The minimum atomic E-state index is -0.746. The van der Waals surface area contributed by atoms with Gasteiger partial charge in [-0.05, 0) is 56.2 Å². The Labute approximate surface area is 205 Å². The number of rotatable bonds is 9. The lowest BCUT2D eigenvalue weighted by atomic mass is 9.75. The lowest BCUT2D eigenvalue weighted by Gasteiger charge is -2.32. The Morgan fingerprint density at radius 3 is 2.53 bits per heavy atom. The fourth-order valence-electron chi connectivity index (χ4n) is 4.32. The third-order valence-electron chi connectivity index (χ3n) is 5.96. The van der Waals surface area contributed by atoms with Crippen LogP contribution < -0.4 is 0 Å². The number of hydrogen-bond acceptors (Lipinski definition) is 7. The SMILES string of the molecule is CCOC(=O)C1=C(CCC(O)c2ccccc2)N=C(C)C(C(=O)OC)C1c1cccc(SC)c1. The fourth-order valence-corrected chi connectivity index (χ4v) is 4.79. The Bertz CT molecular complexity index is 1080. The molecule has 1 heterocycles. The van der Waals surface area contributed by atoms with Gasteiger partial charge in [0.25, 0.3) is 0 Å². The molecular weight excluding hydrogens is 450 g/mol. The summed E-state index contributed by atoms with van der Waals surface area (Å²) in [4.78, 5) is 31.8. The molecule has 0 bridgehead atoms. The van der Waals surface area contributed by atoms with E-state index in [-0.39, 0.29) is 6.61 Å². The fraction of sp³-hybridized carbons (Fsp3) is 0.370. The number of aliphatic hydroxyl groups is 1. The number of aliphatic imine (C=N–C) groups is 1. The molecule has 0 radical (unpaired) electrons. The van der Waals surface area contributed by atoms with Crippen molar-refractivity contribution >= 4 is 29.4 Å². The average molecular weight is 482 g/mol. The Morgan fingerprint density at radius 1 is 1.15 bits per heavy atom. The topological polar surface area (TPSA) is 85.2 Å². The van der Waals surface area contributed by atoms with Gasteiger partial charge in [0, 0.05) is 16.5 Å². The van der Waals surface area contributed by atoms with Crippen molar-refractivity contribution < 1.29 is 24.2 Å². The van der Waals surface area contributed by atoms with E-state index in [4.69, 9.17) is 9.47 Å². The predicted octanol–water partition coefficient (Wildman–Crippen LogP) is 5.09. The molecule has 0 aromatic heterocycles. The largest absolute Gasteiger partial charge is 0.468 e. The zero-order valence-corrected chi connectivity index (χ0v) is 20.8. The van der Waals surface area contributed by atoms with Gasteiger partial charge in [-0.25, -0.2) is 4.79 Å². The number of methoxy groups -OCH3 is 1. The van der Waals surface area contributed by atoms with E-state index >= 15 is 0 Å². The van der Waals surface area contributed by atoms with Crippen LogP contribution in [-0.4, -0.2) is 42.7 Å². The summed E-state index contributed by atoms with van der Waals surface area (Å²) in [6.45, 7) is 3.73. The highest BCUT2D eigenvalue weighted by Crippen LogP contribution is 2.42. The second-order valence-corrected chi connectivity index (χ2v) is 8.93. The Balaban J connectivity index is 2.09. The van der Waals surface area contributed by atoms with Gasteiger partial charge in [-0.3, -0.25) is 9.79 Å². The minimum absolute atomic E-state index is 0.200. The molecule has 0 aliphatic carbocycles. The van der Waals surface area contributed by atoms with Gasteiger partial charge in [0.1, 0.15) is 5.92 Å². The van der Waals surface area contributed by atoms with E-state index in [1.54, 1.807) is 25.6 Å². The molecular formula is C27H31NO5S. The lowest BCUT2D eigenvalue weighted by Crippen LogP contribution is -2.36. The number of thioether (sulfide) groups is 1. The summed E-state index contributed by atoms with van der Waals surface area (Å²) in [5, 5.41) is 10.7. The number of nitrogens with zero attached hydrogens (tertiary/aromatic N) is 1. The van der Waals surface area contributed by atoms with Gasteiger partial charge in [0.15, 0.2) is 0 Å². The highest BCUT2D eigenvalue weighted by atomic mass is 32.2. The van der Waals surface area contributed by atoms with E-state index in [9.17, 15) is 14.7 Å². The standard InChI is InChI=1S/C27H31NO5S/c1-5-33-27(31)25-21(14-15-22(29)18-10-7-6-8-11-18)28-17(2)23(26(30)32-3)24(25)19-12-9-13-20(16-19)34-4/h6-13,16,22-24,29H,5,14-15H2,1-4H3. The molecule has 0 saturated carbocycles. The van der Waals surface area contributed by atoms with Crippen molar-refractivity contribution in [3.8, 4) is 0 Å². The molecule has 0 saturated heterocycles. The molecule has 2 aromatic rings. The summed E-state index contributed by atoms with van der Waals surface area (Å²) in [6, 6.07) is 17.2. The van der Waals surface area contributed by atoms with Crippen LogP contribution in [0.5, 0.6) is 0 Å². The van der Waals surface area contributed by atoms with Crippen LogP contribution in [0.4, 0.5) is 0 Å². The second kappa shape index (κ2) is 12.0. The van der Waals surface area contributed by atoms with Gasteiger partial charge in [0.05, 0.1) is 31.1 Å². The number of carbonyl (C=O) groups excluding carboxylic acids is 2. The molecule has 180 valence electrons. The summed E-state index contributed by atoms with van der Waals surface area (Å²) in [5.41, 5.74) is 3.07. The summed E-state index contributed by atoms with van der Waals surface area (Å²) < 4.78 is 10.5. The first kappa shape index (κ1) is 25.7. The Hall–Kier alpha value is -2.90. The quantitative estimate of drug-likeness (QED) is 0.397. The van der Waals surface area contributed by atoms with Crippen LogP contribution in [0.25, 0.3) is 0 Å². The van der Waals surface area contributed by atoms with Crippen molar-refractivity contribution in [1.29, 1.82) is 0 Å². The molecule has 1 aliphatic rings. The molecule has 0 amide bonds. The zero-order chi connectivity index (χ0) is 24.7. The number of benzene rings is 2. The molecule has 0 fully saturated rings. The molecule has 1 aliphatic heterocycles. The number of esters is 2. The van der Waals surface area contributed by atoms with Crippen LogP contribution in [0.1, 0.15) is 49.8 Å². The molecule has 3 atom stereocenters. The third kappa shape index (κ3) is 5.77. The van der Waals surface area contributed by atoms with Crippen LogP contribution >= 0.6 is 11.8 Å². The summed E-state index contributed by atoms with van der Waals surface area (Å²) in [7, 11) is 1.34. The van der Waals surface area contributed by atoms with E-state index in [1.165, 1.54) is 7.11 Å². The normalized spacial score (nSPS) is 18.8. The number of aliphatic hydroxyl groups excluding tert-OH is 1. The third-order valence-corrected chi connectivity index (χ3v) is 6.68. The first-order valence-electron chi connectivity index (χ1n) is 11.3. The highest BCUT2D eigenvalue weighted by Gasteiger charge is 2.43. The molecule has 7 heteroatoms. The van der Waals surface area contributed by atoms with Gasteiger partial charge >= 0.3 is 11.9 Å². The molecule has 0 spiro atoms. The molecule has 3 unspecified atom stereocenters. The van der Waals surface area contributed by atoms with E-state index < -0.39 is 29.9 Å². The van der Waals surface area contributed by atoms with E-state index in [0.717, 1.165) is 16.0 Å². The number of hydrogen-bond donors (Lipinski definition) is 1. The maximum Gasteiger partial charge on any atom is 0.336 e. The molecule has 2 aromatic carbocycles. The summed E-state index contributed by atoms with van der Waals surface area (Å²) >= 11 is 1.58. The zero-order valence-electron chi connectivity index (χ0n) is 20.0. The van der Waals surface area contributed by atoms with E-state index in [1.807, 2.05) is 60.9 Å². The monoisotopic (exact) mass is 481 g/mol. The summed E-state index contributed by atoms with van der Waals surface area (Å²) in [5.74, 6) is -2.30. The maximum absolute atomic E-state index is 13.3. The molecule has 34 heavy (non-hydrogen) atoms. The van der Waals surface area contributed by atoms with Crippen LogP contribution in [0.3, 0.4) is 0 Å². The first-order valence-corrected chi connectivity index (χ1v) is 12.5. The summed E-state index contributed by atoms with van der Waals surface area (Å²) in [6.07, 6.45) is 2.00. The lowest BCUT2D eigenvalue weighted by molar-refractivity contribution is -0.144. The predicted molar refractivity (Wildman–Crippen MR) is 134 cm³/mol. The van der Waals surface area contributed by atoms with Crippen molar-refractivity contribution in [3.63, 3.8) is 0 Å². The van der Waals surface area contributed by atoms with Gasteiger partial charge < -0.3 is 14.6 Å². The minimum Gasteiger partial charge on any atom is -0.468 e. The van der Waals surface area contributed by atoms with Crippen LogP contribution in [-0.2, 0) is 19.1 Å². The van der Waals surface area contributed by atoms with Gasteiger partial charge in [0.2, 0.25) is 0 Å². The number of carbonyl (C=O) groups is 2. The average Bonchev–Trinajstić information content (AvgIpc) is 2.86. The van der Waals surface area contributed by atoms with Gasteiger partial charge in [-0.15, -0.1) is 11.8 Å². The van der Waals surface area contributed by atoms with Crippen molar-refractivity contribution in [2.75, 3.05) is 20.0 Å². The molecule has 6 nitrogen and oxygen atoms in total. The number of allylic oxidation sites excluding steroid dienone is 1. The van der Waals surface area contributed by atoms with Crippen LogP contribution in [0.2, 0.25) is 0 Å². The smallest absolute Gasteiger partial charge is 0.336 e. The van der Waals surface area contributed by atoms with E-state index in [0.29, 0.717) is 29.8 Å².